The Morgan fingerprint density at radius 1 is 1.21 bits per heavy atom. The highest BCUT2D eigenvalue weighted by Gasteiger charge is 2.19. The van der Waals surface area contributed by atoms with Crippen LogP contribution in [0.5, 0.6) is 17.4 Å². The number of aromatic nitrogens is 2. The second-order valence-corrected chi connectivity index (χ2v) is 6.46. The molecule has 7 nitrogen and oxygen atoms in total. The molecule has 4 rings (SSSR count). The molecular formula is C21H18N2O5. The number of imidazole rings is 1. The number of nitrogens with zero attached hydrogens (tertiary/aromatic N) is 2. The molecule has 2 aromatic carbocycles. The third kappa shape index (κ3) is 3.18. The maximum Gasteiger partial charge on any atom is 0.294 e. The number of phenolic OH excluding ortho intramolecular Hbond substituents is 1. The number of hydrogen-bond acceptors (Lipinski definition) is 6. The quantitative estimate of drug-likeness (QED) is 0.549. The SMILES string of the molecule is CC(COc1cc(O)c2c(=O)c(-c3ccccc3)c(O)oc2c1)n1ccnc1. The molecule has 0 amide bonds. The summed E-state index contributed by atoms with van der Waals surface area (Å²) in [6.45, 7) is 2.28. The van der Waals surface area contributed by atoms with Crippen molar-refractivity contribution in [2.75, 3.05) is 6.61 Å². The van der Waals surface area contributed by atoms with Gasteiger partial charge in [-0.25, -0.2) is 4.98 Å². The summed E-state index contributed by atoms with van der Waals surface area (Å²) in [6, 6.07) is 11.5. The number of phenols is 1. The predicted octanol–water partition coefficient (Wildman–Crippen LogP) is 3.71. The van der Waals surface area contributed by atoms with Gasteiger partial charge in [0.2, 0.25) is 5.43 Å². The molecule has 0 fully saturated rings. The minimum absolute atomic E-state index is 0.00537. The van der Waals surface area contributed by atoms with E-state index in [9.17, 15) is 15.0 Å². The first-order valence-electron chi connectivity index (χ1n) is 8.73. The predicted molar refractivity (Wildman–Crippen MR) is 104 cm³/mol. The molecule has 1 atom stereocenters. The van der Waals surface area contributed by atoms with Crippen molar-refractivity contribution in [2.45, 2.75) is 13.0 Å². The number of ether oxygens (including phenoxy) is 1. The Labute approximate surface area is 160 Å². The van der Waals surface area contributed by atoms with Gasteiger partial charge in [0.05, 0.1) is 12.4 Å². The van der Waals surface area contributed by atoms with Crippen molar-refractivity contribution < 1.29 is 19.4 Å². The molecule has 0 saturated heterocycles. The second-order valence-electron chi connectivity index (χ2n) is 6.46. The van der Waals surface area contributed by atoms with Crippen LogP contribution in [0.15, 0.2) is 70.4 Å². The molecule has 7 heteroatoms. The molecule has 2 N–H and O–H groups in total. The van der Waals surface area contributed by atoms with E-state index in [2.05, 4.69) is 4.98 Å². The number of fused-ring (bicyclic) bond motifs is 1. The first kappa shape index (κ1) is 17.7. The van der Waals surface area contributed by atoms with Crippen LogP contribution in [0.1, 0.15) is 13.0 Å². The molecule has 142 valence electrons. The smallest absolute Gasteiger partial charge is 0.294 e. The average molecular weight is 378 g/mol. The fraction of sp³-hybridized carbons (Fsp3) is 0.143. The van der Waals surface area contributed by atoms with Gasteiger partial charge in [-0.15, -0.1) is 0 Å². The summed E-state index contributed by atoms with van der Waals surface area (Å²) >= 11 is 0. The van der Waals surface area contributed by atoms with Crippen molar-refractivity contribution in [1.29, 1.82) is 0 Å². The van der Waals surface area contributed by atoms with Crippen LogP contribution >= 0.6 is 0 Å². The number of benzene rings is 2. The highest BCUT2D eigenvalue weighted by Crippen LogP contribution is 2.35. The Balaban J connectivity index is 1.71. The Morgan fingerprint density at radius 2 is 2.00 bits per heavy atom. The van der Waals surface area contributed by atoms with Gasteiger partial charge in [0, 0.05) is 24.5 Å². The lowest BCUT2D eigenvalue weighted by Gasteiger charge is -2.15. The molecule has 2 aromatic heterocycles. The summed E-state index contributed by atoms with van der Waals surface area (Å²) in [4.78, 5) is 16.9. The lowest BCUT2D eigenvalue weighted by Crippen LogP contribution is -2.13. The Bertz CT molecular complexity index is 1170. The minimum atomic E-state index is -0.513. The van der Waals surface area contributed by atoms with Crippen molar-refractivity contribution in [2.24, 2.45) is 0 Å². The van der Waals surface area contributed by atoms with Crippen LogP contribution in [0, 0.1) is 0 Å². The molecule has 0 radical (unpaired) electrons. The first-order chi connectivity index (χ1) is 13.5. The average Bonchev–Trinajstić information content (AvgIpc) is 3.21. The van der Waals surface area contributed by atoms with Crippen LogP contribution in [-0.2, 0) is 0 Å². The molecule has 0 spiro atoms. The maximum absolute atomic E-state index is 12.9. The van der Waals surface area contributed by atoms with Crippen LogP contribution in [0.3, 0.4) is 0 Å². The van der Waals surface area contributed by atoms with E-state index in [4.69, 9.17) is 9.15 Å². The van der Waals surface area contributed by atoms with Crippen LogP contribution in [-0.4, -0.2) is 26.4 Å². The van der Waals surface area contributed by atoms with Gasteiger partial charge in [-0.05, 0) is 12.5 Å². The zero-order chi connectivity index (χ0) is 19.7. The van der Waals surface area contributed by atoms with Crippen LogP contribution in [0.2, 0.25) is 0 Å². The van der Waals surface area contributed by atoms with Gasteiger partial charge in [-0.3, -0.25) is 4.79 Å². The van der Waals surface area contributed by atoms with E-state index >= 15 is 0 Å². The van der Waals surface area contributed by atoms with Crippen molar-refractivity contribution in [3.05, 3.63) is 71.4 Å². The van der Waals surface area contributed by atoms with Crippen molar-refractivity contribution >= 4 is 11.0 Å². The Kier molecular flexibility index (Phi) is 4.49. The summed E-state index contributed by atoms with van der Waals surface area (Å²) in [6.07, 6.45) is 5.20. The monoisotopic (exact) mass is 378 g/mol. The van der Waals surface area contributed by atoms with Gasteiger partial charge in [0.15, 0.2) is 0 Å². The third-order valence-electron chi connectivity index (χ3n) is 4.52. The zero-order valence-corrected chi connectivity index (χ0v) is 15.1. The van der Waals surface area contributed by atoms with Crippen molar-refractivity contribution in [3.63, 3.8) is 0 Å². The van der Waals surface area contributed by atoms with Gasteiger partial charge in [-0.1, -0.05) is 30.3 Å². The Hall–Kier alpha value is -3.74. The minimum Gasteiger partial charge on any atom is -0.507 e. The van der Waals surface area contributed by atoms with Crippen LogP contribution < -0.4 is 10.2 Å². The van der Waals surface area contributed by atoms with Gasteiger partial charge >= 0.3 is 0 Å². The van der Waals surface area contributed by atoms with Gasteiger partial charge in [0.1, 0.15) is 34.6 Å². The van der Waals surface area contributed by atoms with Crippen molar-refractivity contribution in [3.8, 4) is 28.6 Å². The summed E-state index contributed by atoms with van der Waals surface area (Å²) in [5, 5.41) is 20.7. The van der Waals surface area contributed by atoms with E-state index < -0.39 is 11.4 Å². The molecular weight excluding hydrogens is 360 g/mol. The van der Waals surface area contributed by atoms with E-state index in [0.29, 0.717) is 17.9 Å². The summed E-state index contributed by atoms with van der Waals surface area (Å²) < 4.78 is 13.0. The number of aromatic hydroxyl groups is 2. The second kappa shape index (κ2) is 7.11. The number of hydrogen-bond donors (Lipinski definition) is 2. The van der Waals surface area contributed by atoms with Crippen LogP contribution in [0.4, 0.5) is 0 Å². The van der Waals surface area contributed by atoms with E-state index in [1.54, 1.807) is 42.9 Å². The van der Waals surface area contributed by atoms with E-state index in [1.807, 2.05) is 17.7 Å². The molecule has 0 aliphatic heterocycles. The normalized spacial score (nSPS) is 12.2. The van der Waals surface area contributed by atoms with Gasteiger partial charge in [0.25, 0.3) is 5.95 Å². The van der Waals surface area contributed by atoms with Crippen LogP contribution in [0.25, 0.3) is 22.1 Å². The molecule has 28 heavy (non-hydrogen) atoms. The molecule has 1 unspecified atom stereocenters. The fourth-order valence-corrected chi connectivity index (χ4v) is 3.04. The first-order valence-corrected chi connectivity index (χ1v) is 8.73. The fourth-order valence-electron chi connectivity index (χ4n) is 3.04. The number of rotatable bonds is 5. The molecule has 0 aliphatic carbocycles. The third-order valence-corrected chi connectivity index (χ3v) is 4.52. The van der Waals surface area contributed by atoms with E-state index in [0.717, 1.165) is 0 Å². The lowest BCUT2D eigenvalue weighted by atomic mass is 10.0. The lowest BCUT2D eigenvalue weighted by molar-refractivity contribution is 0.259. The molecule has 4 aromatic rings. The van der Waals surface area contributed by atoms with E-state index in [1.165, 1.54) is 12.1 Å². The maximum atomic E-state index is 12.9. The van der Waals surface area contributed by atoms with Gasteiger partial charge in [-0.2, -0.15) is 0 Å². The standard InChI is InChI=1S/C21H18N2O5/c1-13(23-8-7-22-12-23)11-27-15-9-16(24)19-17(10-15)28-21(26)18(20(19)25)14-5-3-2-4-6-14/h2-10,12-13,24,26H,11H2,1H3. The van der Waals surface area contributed by atoms with Crippen molar-refractivity contribution in [1.82, 2.24) is 9.55 Å². The zero-order valence-electron chi connectivity index (χ0n) is 15.1. The molecule has 0 aliphatic rings. The largest absolute Gasteiger partial charge is 0.507 e. The summed E-state index contributed by atoms with van der Waals surface area (Å²) in [7, 11) is 0. The van der Waals surface area contributed by atoms with Gasteiger partial charge < -0.3 is 23.9 Å². The molecule has 0 bridgehead atoms. The highest BCUT2D eigenvalue weighted by atomic mass is 16.5. The van der Waals surface area contributed by atoms with E-state index in [-0.39, 0.29) is 28.3 Å². The topological polar surface area (TPSA) is 97.7 Å². The molecule has 2 heterocycles. The summed E-state index contributed by atoms with van der Waals surface area (Å²) in [5.41, 5.74) is 0.0450. The summed E-state index contributed by atoms with van der Waals surface area (Å²) in [5.74, 6) is -0.451. The molecule has 0 saturated carbocycles. The highest BCUT2D eigenvalue weighted by molar-refractivity contribution is 5.89. The Morgan fingerprint density at radius 3 is 2.71 bits per heavy atom.